The van der Waals surface area contributed by atoms with Gasteiger partial charge in [0.25, 0.3) is 0 Å². The van der Waals surface area contributed by atoms with Crippen LogP contribution in [0.25, 0.3) is 11.3 Å². The third kappa shape index (κ3) is 1.98. The van der Waals surface area contributed by atoms with Crippen molar-refractivity contribution in [2.75, 3.05) is 7.11 Å². The topological polar surface area (TPSA) is 22.1 Å². The van der Waals surface area contributed by atoms with Gasteiger partial charge in [0, 0.05) is 28.1 Å². The molecule has 0 saturated carbocycles. The number of hydrogen-bond acceptors (Lipinski definition) is 3. The zero-order valence-corrected chi connectivity index (χ0v) is 10.0. The van der Waals surface area contributed by atoms with Crippen molar-refractivity contribution < 1.29 is 4.74 Å². The van der Waals surface area contributed by atoms with Gasteiger partial charge in [-0.05, 0) is 13.0 Å². The van der Waals surface area contributed by atoms with E-state index in [9.17, 15) is 0 Å². The van der Waals surface area contributed by atoms with E-state index in [2.05, 4.69) is 4.98 Å². The summed E-state index contributed by atoms with van der Waals surface area (Å²) < 4.78 is 5.14. The highest BCUT2D eigenvalue weighted by molar-refractivity contribution is 7.11. The van der Waals surface area contributed by atoms with E-state index in [4.69, 9.17) is 16.3 Å². The van der Waals surface area contributed by atoms with Crippen molar-refractivity contribution in [1.29, 1.82) is 0 Å². The number of thiophene rings is 1. The van der Waals surface area contributed by atoms with E-state index in [1.165, 1.54) is 0 Å². The maximum absolute atomic E-state index is 6.17. The lowest BCUT2D eigenvalue weighted by Gasteiger charge is -2.02. The molecular formula is C11H10ClNOS. The summed E-state index contributed by atoms with van der Waals surface area (Å²) in [4.78, 5) is 5.38. The predicted molar refractivity (Wildman–Crippen MR) is 63.8 cm³/mol. The molecule has 0 aliphatic rings. The number of hydrogen-bond donors (Lipinski definition) is 0. The van der Waals surface area contributed by atoms with Crippen molar-refractivity contribution in [3.05, 3.63) is 33.6 Å². The van der Waals surface area contributed by atoms with E-state index in [1.54, 1.807) is 24.6 Å². The second kappa shape index (κ2) is 4.21. The molecule has 0 spiro atoms. The van der Waals surface area contributed by atoms with Crippen LogP contribution in [-0.4, -0.2) is 12.1 Å². The second-order valence-electron chi connectivity index (χ2n) is 3.10. The van der Waals surface area contributed by atoms with Crippen LogP contribution >= 0.6 is 22.9 Å². The first-order valence-electron chi connectivity index (χ1n) is 4.46. The van der Waals surface area contributed by atoms with Gasteiger partial charge >= 0.3 is 0 Å². The summed E-state index contributed by atoms with van der Waals surface area (Å²) in [6.45, 7) is 2.00. The van der Waals surface area contributed by atoms with Crippen LogP contribution in [0.15, 0.2) is 23.7 Å². The van der Waals surface area contributed by atoms with Gasteiger partial charge in [-0.1, -0.05) is 11.6 Å². The Morgan fingerprint density at radius 3 is 2.87 bits per heavy atom. The summed E-state index contributed by atoms with van der Waals surface area (Å²) in [6.07, 6.45) is 1.72. The van der Waals surface area contributed by atoms with Gasteiger partial charge in [0.05, 0.1) is 17.8 Å². The Kier molecular flexibility index (Phi) is 2.93. The third-order valence-corrected chi connectivity index (χ3v) is 3.65. The number of pyridine rings is 1. The first kappa shape index (κ1) is 10.5. The number of halogens is 1. The van der Waals surface area contributed by atoms with Gasteiger partial charge in [0.2, 0.25) is 0 Å². The number of methoxy groups -OCH3 is 1. The summed E-state index contributed by atoms with van der Waals surface area (Å²) in [5.74, 6) is 0.792. The molecule has 2 heterocycles. The van der Waals surface area contributed by atoms with Crippen molar-refractivity contribution >= 4 is 22.9 Å². The average molecular weight is 240 g/mol. The molecule has 0 aliphatic carbocycles. The highest BCUT2D eigenvalue weighted by Gasteiger charge is 2.09. The monoisotopic (exact) mass is 239 g/mol. The quantitative estimate of drug-likeness (QED) is 0.796. The van der Waals surface area contributed by atoms with E-state index in [0.29, 0.717) is 0 Å². The van der Waals surface area contributed by atoms with Crippen molar-refractivity contribution in [1.82, 2.24) is 4.98 Å². The fourth-order valence-corrected chi connectivity index (χ4v) is 2.40. The number of aryl methyl sites for hydroxylation is 1. The van der Waals surface area contributed by atoms with Crippen molar-refractivity contribution in [2.45, 2.75) is 6.92 Å². The first-order chi connectivity index (χ1) is 7.22. The van der Waals surface area contributed by atoms with Crippen LogP contribution in [0.4, 0.5) is 0 Å². The molecule has 4 heteroatoms. The second-order valence-corrected chi connectivity index (χ2v) is 4.56. The molecule has 15 heavy (non-hydrogen) atoms. The molecule has 2 rings (SSSR count). The lowest BCUT2D eigenvalue weighted by molar-refractivity contribution is 0.414. The maximum Gasteiger partial charge on any atom is 0.122 e. The molecule has 0 bridgehead atoms. The molecular weight excluding hydrogens is 230 g/mol. The van der Waals surface area contributed by atoms with Crippen LogP contribution in [0.3, 0.4) is 0 Å². The fraction of sp³-hybridized carbons (Fsp3) is 0.182. The Balaban J connectivity index is 2.49. The van der Waals surface area contributed by atoms with E-state index in [-0.39, 0.29) is 0 Å². The Hall–Kier alpha value is -1.06. The van der Waals surface area contributed by atoms with Crippen molar-refractivity contribution in [3.63, 3.8) is 0 Å². The highest BCUT2D eigenvalue weighted by Crippen LogP contribution is 2.34. The van der Waals surface area contributed by atoms with Gasteiger partial charge in [-0.2, -0.15) is 0 Å². The van der Waals surface area contributed by atoms with E-state index >= 15 is 0 Å². The molecule has 0 aliphatic heterocycles. The Morgan fingerprint density at radius 2 is 2.27 bits per heavy atom. The normalized spacial score (nSPS) is 10.3. The van der Waals surface area contributed by atoms with Gasteiger partial charge in [0.1, 0.15) is 5.75 Å². The van der Waals surface area contributed by atoms with Gasteiger partial charge in [0.15, 0.2) is 0 Å². The molecule has 2 aromatic rings. The van der Waals surface area contributed by atoms with Gasteiger partial charge in [-0.25, -0.2) is 0 Å². The van der Waals surface area contributed by atoms with E-state index in [1.807, 2.05) is 24.4 Å². The number of rotatable bonds is 2. The van der Waals surface area contributed by atoms with Crippen molar-refractivity contribution in [3.8, 4) is 17.0 Å². The molecule has 0 atom stereocenters. The van der Waals surface area contributed by atoms with Crippen LogP contribution < -0.4 is 4.74 Å². The summed E-state index contributed by atoms with van der Waals surface area (Å²) >= 11 is 7.79. The summed E-state index contributed by atoms with van der Waals surface area (Å²) in [5.41, 5.74) is 1.82. The summed E-state index contributed by atoms with van der Waals surface area (Å²) in [7, 11) is 1.64. The van der Waals surface area contributed by atoms with Crippen LogP contribution in [0.5, 0.6) is 5.75 Å². The highest BCUT2D eigenvalue weighted by atomic mass is 35.5. The Morgan fingerprint density at radius 1 is 1.47 bits per heavy atom. The zero-order valence-electron chi connectivity index (χ0n) is 8.45. The smallest absolute Gasteiger partial charge is 0.122 e. The molecule has 0 unspecified atom stereocenters. The number of ether oxygens (including phenoxy) is 1. The van der Waals surface area contributed by atoms with Crippen LogP contribution in [-0.2, 0) is 0 Å². The first-order valence-corrected chi connectivity index (χ1v) is 5.72. The maximum atomic E-state index is 6.17. The molecule has 0 N–H and O–H groups in total. The SMILES string of the molecule is COc1ccnc(-c2csc(C)c2Cl)c1. The summed E-state index contributed by atoms with van der Waals surface area (Å²) in [6, 6.07) is 3.70. The third-order valence-electron chi connectivity index (χ3n) is 2.14. The molecule has 2 aromatic heterocycles. The van der Waals surface area contributed by atoms with Gasteiger partial charge in [-0.3, -0.25) is 4.98 Å². The Labute approximate surface area is 97.5 Å². The van der Waals surface area contributed by atoms with Gasteiger partial charge in [-0.15, -0.1) is 11.3 Å². The van der Waals surface area contributed by atoms with Crippen LogP contribution in [0.1, 0.15) is 4.88 Å². The number of nitrogens with zero attached hydrogens (tertiary/aromatic N) is 1. The minimum atomic E-state index is 0.778. The van der Waals surface area contributed by atoms with E-state index < -0.39 is 0 Å². The predicted octanol–water partition coefficient (Wildman–Crippen LogP) is 3.78. The molecule has 78 valence electrons. The molecule has 0 fully saturated rings. The lowest BCUT2D eigenvalue weighted by atomic mass is 10.2. The standard InChI is InChI=1S/C11H10ClNOS/c1-7-11(12)9(6-15-7)10-5-8(14-2)3-4-13-10/h3-6H,1-2H3. The fourth-order valence-electron chi connectivity index (χ4n) is 1.30. The zero-order chi connectivity index (χ0) is 10.8. The van der Waals surface area contributed by atoms with Crippen molar-refractivity contribution in [2.24, 2.45) is 0 Å². The molecule has 0 aromatic carbocycles. The van der Waals surface area contributed by atoms with Crippen LogP contribution in [0, 0.1) is 6.92 Å². The molecule has 0 radical (unpaired) electrons. The average Bonchev–Trinajstić information content (AvgIpc) is 2.60. The number of aromatic nitrogens is 1. The minimum absolute atomic E-state index is 0.778. The molecule has 0 saturated heterocycles. The van der Waals surface area contributed by atoms with Gasteiger partial charge < -0.3 is 4.74 Å². The summed E-state index contributed by atoms with van der Waals surface area (Å²) in [5, 5.41) is 2.79. The van der Waals surface area contributed by atoms with Crippen LogP contribution in [0.2, 0.25) is 5.02 Å². The molecule has 0 amide bonds. The lowest BCUT2D eigenvalue weighted by Crippen LogP contribution is -1.86. The largest absolute Gasteiger partial charge is 0.497 e. The van der Waals surface area contributed by atoms with E-state index in [0.717, 1.165) is 26.9 Å². The Bertz CT molecular complexity index is 481. The minimum Gasteiger partial charge on any atom is -0.497 e. The molecule has 2 nitrogen and oxygen atoms in total.